The first-order valence-corrected chi connectivity index (χ1v) is 7.70. The summed E-state index contributed by atoms with van der Waals surface area (Å²) in [5.74, 6) is 0.491. The third-order valence-electron chi connectivity index (χ3n) is 4.67. The van der Waals surface area contributed by atoms with Crippen molar-refractivity contribution in [3.8, 4) is 0 Å². The van der Waals surface area contributed by atoms with E-state index in [9.17, 15) is 14.3 Å². The van der Waals surface area contributed by atoms with Gasteiger partial charge in [-0.3, -0.25) is 4.79 Å². The Hall–Kier alpha value is -1.42. The lowest BCUT2D eigenvalue weighted by Gasteiger charge is -2.34. The average molecular weight is 293 g/mol. The molecule has 1 aliphatic carbocycles. The van der Waals surface area contributed by atoms with Crippen LogP contribution in [-0.4, -0.2) is 17.1 Å². The summed E-state index contributed by atoms with van der Waals surface area (Å²) in [6.07, 6.45) is 2.34. The fourth-order valence-corrected chi connectivity index (χ4v) is 3.06. The molecule has 0 radical (unpaired) electrons. The molecule has 4 unspecified atom stereocenters. The first-order valence-electron chi connectivity index (χ1n) is 7.70. The van der Waals surface area contributed by atoms with Crippen LogP contribution in [0.15, 0.2) is 24.3 Å². The van der Waals surface area contributed by atoms with Crippen LogP contribution < -0.4 is 5.32 Å². The van der Waals surface area contributed by atoms with Crippen LogP contribution in [0.4, 0.5) is 4.39 Å². The minimum absolute atomic E-state index is 0.0267. The van der Waals surface area contributed by atoms with Crippen molar-refractivity contribution in [3.63, 3.8) is 0 Å². The fourth-order valence-electron chi connectivity index (χ4n) is 3.06. The Morgan fingerprint density at radius 3 is 2.90 bits per heavy atom. The molecule has 0 aromatic heterocycles. The number of hydrogen-bond donors (Lipinski definition) is 2. The van der Waals surface area contributed by atoms with Crippen molar-refractivity contribution >= 4 is 5.91 Å². The molecule has 1 saturated carbocycles. The first kappa shape index (κ1) is 16.0. The predicted molar refractivity (Wildman–Crippen MR) is 80.1 cm³/mol. The Morgan fingerprint density at radius 2 is 2.19 bits per heavy atom. The second kappa shape index (κ2) is 7.03. The number of nitrogens with one attached hydrogen (secondary N) is 1. The summed E-state index contributed by atoms with van der Waals surface area (Å²) in [6, 6.07) is 5.94. The van der Waals surface area contributed by atoms with Gasteiger partial charge in [-0.2, -0.15) is 0 Å². The van der Waals surface area contributed by atoms with Gasteiger partial charge in [-0.15, -0.1) is 0 Å². The molecule has 1 aromatic carbocycles. The highest BCUT2D eigenvalue weighted by atomic mass is 19.1. The summed E-state index contributed by atoms with van der Waals surface area (Å²) in [5, 5.41) is 13.1. The third kappa shape index (κ3) is 4.27. The molecule has 4 atom stereocenters. The first-order chi connectivity index (χ1) is 9.97. The van der Waals surface area contributed by atoms with E-state index in [0.29, 0.717) is 17.4 Å². The molecule has 2 N–H and O–H groups in total. The topological polar surface area (TPSA) is 49.3 Å². The largest absolute Gasteiger partial charge is 0.388 e. The minimum atomic E-state index is -0.961. The fraction of sp³-hybridized carbons (Fsp3) is 0.588. The number of carbonyl (C=O) groups excluding carboxylic acids is 1. The Morgan fingerprint density at radius 1 is 1.43 bits per heavy atom. The number of halogens is 1. The van der Waals surface area contributed by atoms with E-state index in [1.54, 1.807) is 6.07 Å². The summed E-state index contributed by atoms with van der Waals surface area (Å²) in [4.78, 5) is 12.1. The monoisotopic (exact) mass is 293 g/mol. The molecule has 21 heavy (non-hydrogen) atoms. The maximum atomic E-state index is 13.1. The summed E-state index contributed by atoms with van der Waals surface area (Å²) in [5.41, 5.74) is 0.440. The van der Waals surface area contributed by atoms with Gasteiger partial charge in [0, 0.05) is 6.04 Å². The van der Waals surface area contributed by atoms with E-state index in [1.165, 1.54) is 24.6 Å². The van der Waals surface area contributed by atoms with Crippen LogP contribution >= 0.6 is 0 Å². The van der Waals surface area contributed by atoms with Gasteiger partial charge in [0.1, 0.15) is 5.82 Å². The van der Waals surface area contributed by atoms with Gasteiger partial charge in [0.15, 0.2) is 0 Å². The van der Waals surface area contributed by atoms with Gasteiger partial charge in [0.05, 0.1) is 12.5 Å². The van der Waals surface area contributed by atoms with E-state index in [1.807, 2.05) is 0 Å². The number of hydrogen-bond acceptors (Lipinski definition) is 2. The van der Waals surface area contributed by atoms with Crippen LogP contribution in [0.2, 0.25) is 0 Å². The maximum Gasteiger partial charge on any atom is 0.223 e. The molecule has 116 valence electrons. The lowest BCUT2D eigenvalue weighted by Crippen LogP contribution is -2.44. The number of aliphatic hydroxyl groups excluding tert-OH is 1. The molecular formula is C17H24FNO2. The number of benzene rings is 1. The summed E-state index contributed by atoms with van der Waals surface area (Å²) < 4.78 is 13.1. The zero-order valence-corrected chi connectivity index (χ0v) is 12.7. The quantitative estimate of drug-likeness (QED) is 0.895. The molecule has 0 bridgehead atoms. The lowest BCUT2D eigenvalue weighted by atomic mass is 9.78. The lowest BCUT2D eigenvalue weighted by molar-refractivity contribution is -0.124. The van der Waals surface area contributed by atoms with Crippen molar-refractivity contribution in [1.29, 1.82) is 0 Å². The van der Waals surface area contributed by atoms with Gasteiger partial charge in [-0.1, -0.05) is 38.8 Å². The Bertz CT molecular complexity index is 491. The zero-order chi connectivity index (χ0) is 15.4. The van der Waals surface area contributed by atoms with E-state index in [4.69, 9.17) is 0 Å². The highest BCUT2D eigenvalue weighted by molar-refractivity contribution is 5.77. The minimum Gasteiger partial charge on any atom is -0.388 e. The molecule has 0 saturated heterocycles. The van der Waals surface area contributed by atoms with Crippen LogP contribution in [0.5, 0.6) is 0 Å². The van der Waals surface area contributed by atoms with Gasteiger partial charge in [-0.05, 0) is 36.0 Å². The molecule has 2 rings (SSSR count). The molecule has 3 nitrogen and oxygen atoms in total. The van der Waals surface area contributed by atoms with E-state index in [-0.39, 0.29) is 18.4 Å². The Balaban J connectivity index is 1.89. The second-order valence-corrected chi connectivity index (χ2v) is 6.22. The van der Waals surface area contributed by atoms with Gasteiger partial charge in [0.2, 0.25) is 5.91 Å². The van der Waals surface area contributed by atoms with Crippen LogP contribution in [0, 0.1) is 17.7 Å². The van der Waals surface area contributed by atoms with Crippen LogP contribution in [0.3, 0.4) is 0 Å². The number of carbonyl (C=O) groups is 1. The summed E-state index contributed by atoms with van der Waals surface area (Å²) in [6.45, 7) is 4.38. The second-order valence-electron chi connectivity index (χ2n) is 6.22. The summed E-state index contributed by atoms with van der Waals surface area (Å²) >= 11 is 0. The normalized spacial score (nSPS) is 27.1. The van der Waals surface area contributed by atoms with Crippen molar-refractivity contribution in [2.24, 2.45) is 11.8 Å². The van der Waals surface area contributed by atoms with Crippen molar-refractivity contribution in [2.75, 3.05) is 0 Å². The molecular weight excluding hydrogens is 269 g/mol. The van der Waals surface area contributed by atoms with E-state index in [2.05, 4.69) is 19.2 Å². The molecule has 0 aliphatic heterocycles. The highest BCUT2D eigenvalue weighted by Crippen LogP contribution is 2.29. The maximum absolute atomic E-state index is 13.1. The molecule has 0 heterocycles. The molecule has 4 heteroatoms. The van der Waals surface area contributed by atoms with Crippen molar-refractivity contribution in [2.45, 2.75) is 51.7 Å². The number of rotatable bonds is 4. The zero-order valence-electron chi connectivity index (χ0n) is 12.7. The summed E-state index contributed by atoms with van der Waals surface area (Å²) in [7, 11) is 0. The van der Waals surface area contributed by atoms with E-state index >= 15 is 0 Å². The van der Waals surface area contributed by atoms with E-state index < -0.39 is 11.9 Å². The number of amides is 1. The van der Waals surface area contributed by atoms with Crippen molar-refractivity contribution in [1.82, 2.24) is 5.32 Å². The highest BCUT2D eigenvalue weighted by Gasteiger charge is 2.28. The predicted octanol–water partition coefficient (Wildman–Crippen LogP) is 3.19. The van der Waals surface area contributed by atoms with Crippen molar-refractivity contribution in [3.05, 3.63) is 35.6 Å². The molecule has 1 fully saturated rings. The SMILES string of the molecule is CC1CCCC(NC(=O)CC(O)c2cccc(F)c2)C1C. The van der Waals surface area contributed by atoms with Gasteiger partial charge in [0.25, 0.3) is 0 Å². The number of aliphatic hydroxyl groups is 1. The third-order valence-corrected chi connectivity index (χ3v) is 4.67. The Kier molecular flexibility index (Phi) is 5.34. The molecule has 0 spiro atoms. The average Bonchev–Trinajstić information content (AvgIpc) is 2.44. The van der Waals surface area contributed by atoms with Gasteiger partial charge in [-0.25, -0.2) is 4.39 Å². The van der Waals surface area contributed by atoms with E-state index in [0.717, 1.165) is 12.8 Å². The van der Waals surface area contributed by atoms with Crippen molar-refractivity contribution < 1.29 is 14.3 Å². The molecule has 1 amide bonds. The standard InChI is InChI=1S/C17H24FNO2/c1-11-5-3-8-15(12(11)2)19-17(21)10-16(20)13-6-4-7-14(18)9-13/h4,6-7,9,11-12,15-16,20H,3,5,8,10H2,1-2H3,(H,19,21). The smallest absolute Gasteiger partial charge is 0.223 e. The molecule has 1 aromatic rings. The molecule has 1 aliphatic rings. The van der Waals surface area contributed by atoms with Gasteiger partial charge >= 0.3 is 0 Å². The van der Waals surface area contributed by atoms with Gasteiger partial charge < -0.3 is 10.4 Å². The van der Waals surface area contributed by atoms with Crippen LogP contribution in [-0.2, 0) is 4.79 Å². The van der Waals surface area contributed by atoms with Crippen LogP contribution in [0.1, 0.15) is 51.2 Å². The Labute approximate surface area is 125 Å². The van der Waals surface area contributed by atoms with Crippen LogP contribution in [0.25, 0.3) is 0 Å².